The maximum atomic E-state index is 11.8. The van der Waals surface area contributed by atoms with Crippen molar-refractivity contribution in [2.45, 2.75) is 12.2 Å². The smallest absolute Gasteiger partial charge is 0.254 e. The lowest BCUT2D eigenvalue weighted by Gasteiger charge is -2.14. The number of rotatable bonds is 1. The molecule has 1 aliphatic heterocycles. The van der Waals surface area contributed by atoms with E-state index in [0.29, 0.717) is 5.56 Å². The number of benzene rings is 1. The summed E-state index contributed by atoms with van der Waals surface area (Å²) < 4.78 is 0. The molecule has 4 nitrogen and oxygen atoms in total. The van der Waals surface area contributed by atoms with Gasteiger partial charge in [-0.2, -0.15) is 0 Å². The standard InChI is InChI=1S/C11H13NO3/c13-9-6-12(7-10(9)14)11(15)8-4-2-1-3-5-8/h1-5,9-10,13-14H,6-7H2/t9-,10+. The molecule has 1 heterocycles. The minimum atomic E-state index is -0.822. The lowest BCUT2D eigenvalue weighted by Crippen LogP contribution is -2.29. The molecular formula is C11H13NO3. The molecule has 2 atom stereocenters. The molecule has 1 fully saturated rings. The Morgan fingerprint density at radius 1 is 1.13 bits per heavy atom. The number of carbonyl (C=O) groups excluding carboxylic acids is 1. The fourth-order valence-electron chi connectivity index (χ4n) is 1.70. The van der Waals surface area contributed by atoms with Crippen molar-refractivity contribution in [3.05, 3.63) is 35.9 Å². The lowest BCUT2D eigenvalue weighted by molar-refractivity contribution is 0.0572. The number of nitrogens with zero attached hydrogens (tertiary/aromatic N) is 1. The Morgan fingerprint density at radius 3 is 2.20 bits per heavy atom. The largest absolute Gasteiger partial charge is 0.388 e. The van der Waals surface area contributed by atoms with Gasteiger partial charge in [-0.1, -0.05) is 18.2 Å². The molecule has 15 heavy (non-hydrogen) atoms. The molecule has 0 radical (unpaired) electrons. The molecule has 1 aliphatic rings. The number of aliphatic hydroxyl groups excluding tert-OH is 2. The van der Waals surface area contributed by atoms with Crippen molar-refractivity contribution in [2.24, 2.45) is 0 Å². The van der Waals surface area contributed by atoms with Gasteiger partial charge in [0.15, 0.2) is 0 Å². The molecule has 2 rings (SSSR count). The topological polar surface area (TPSA) is 60.8 Å². The number of hydrogen-bond acceptors (Lipinski definition) is 3. The van der Waals surface area contributed by atoms with Crippen LogP contribution < -0.4 is 0 Å². The van der Waals surface area contributed by atoms with Gasteiger partial charge in [0.25, 0.3) is 5.91 Å². The minimum absolute atomic E-state index is 0.147. The van der Waals surface area contributed by atoms with Gasteiger partial charge in [-0.05, 0) is 12.1 Å². The van der Waals surface area contributed by atoms with Crippen LogP contribution in [0.3, 0.4) is 0 Å². The molecule has 2 N–H and O–H groups in total. The first-order chi connectivity index (χ1) is 7.18. The van der Waals surface area contributed by atoms with Crippen LogP contribution in [0.2, 0.25) is 0 Å². The normalized spacial score (nSPS) is 25.6. The van der Waals surface area contributed by atoms with Crippen molar-refractivity contribution < 1.29 is 15.0 Å². The molecule has 1 saturated heterocycles. The average molecular weight is 207 g/mol. The van der Waals surface area contributed by atoms with Crippen molar-refractivity contribution in [2.75, 3.05) is 13.1 Å². The van der Waals surface area contributed by atoms with E-state index < -0.39 is 12.2 Å². The zero-order valence-corrected chi connectivity index (χ0v) is 8.21. The zero-order valence-electron chi connectivity index (χ0n) is 8.21. The summed E-state index contributed by atoms with van der Waals surface area (Å²) in [6.07, 6.45) is -1.64. The summed E-state index contributed by atoms with van der Waals surface area (Å²) in [6, 6.07) is 8.86. The molecule has 0 bridgehead atoms. The van der Waals surface area contributed by atoms with E-state index in [9.17, 15) is 15.0 Å². The number of amides is 1. The van der Waals surface area contributed by atoms with Crippen molar-refractivity contribution in [3.8, 4) is 0 Å². The number of aliphatic hydroxyl groups is 2. The van der Waals surface area contributed by atoms with E-state index in [4.69, 9.17) is 0 Å². The molecular weight excluding hydrogens is 194 g/mol. The molecule has 0 spiro atoms. The van der Waals surface area contributed by atoms with Gasteiger partial charge in [0.1, 0.15) is 0 Å². The first-order valence-electron chi connectivity index (χ1n) is 4.89. The highest BCUT2D eigenvalue weighted by molar-refractivity contribution is 5.94. The number of β-amino-alcohol motifs (C(OH)–C–C–N with tert-alkyl or cyclic N) is 2. The molecule has 80 valence electrons. The minimum Gasteiger partial charge on any atom is -0.388 e. The van der Waals surface area contributed by atoms with Crippen LogP contribution in [0, 0.1) is 0 Å². The highest BCUT2D eigenvalue weighted by Crippen LogP contribution is 2.13. The van der Waals surface area contributed by atoms with Crippen molar-refractivity contribution in [1.82, 2.24) is 4.90 Å². The fourth-order valence-corrected chi connectivity index (χ4v) is 1.70. The van der Waals surface area contributed by atoms with E-state index in [1.165, 1.54) is 4.90 Å². The second kappa shape index (κ2) is 4.00. The van der Waals surface area contributed by atoms with E-state index in [2.05, 4.69) is 0 Å². The highest BCUT2D eigenvalue weighted by atomic mass is 16.3. The Labute approximate surface area is 87.8 Å². The van der Waals surface area contributed by atoms with Gasteiger partial charge in [0.2, 0.25) is 0 Å². The van der Waals surface area contributed by atoms with Gasteiger partial charge in [0.05, 0.1) is 12.2 Å². The fraction of sp³-hybridized carbons (Fsp3) is 0.364. The molecule has 0 aromatic heterocycles. The third-order valence-corrected chi connectivity index (χ3v) is 2.57. The monoisotopic (exact) mass is 207 g/mol. The van der Waals surface area contributed by atoms with E-state index in [-0.39, 0.29) is 19.0 Å². The van der Waals surface area contributed by atoms with E-state index in [0.717, 1.165) is 0 Å². The first-order valence-corrected chi connectivity index (χ1v) is 4.89. The van der Waals surface area contributed by atoms with E-state index >= 15 is 0 Å². The SMILES string of the molecule is O=C(c1ccccc1)N1C[C@@H](O)[C@@H](O)C1. The van der Waals surface area contributed by atoms with Crippen LogP contribution >= 0.6 is 0 Å². The van der Waals surface area contributed by atoms with E-state index in [1.54, 1.807) is 24.3 Å². The van der Waals surface area contributed by atoms with Crippen LogP contribution in [-0.2, 0) is 0 Å². The van der Waals surface area contributed by atoms with Gasteiger partial charge >= 0.3 is 0 Å². The average Bonchev–Trinajstić information content (AvgIpc) is 2.59. The van der Waals surface area contributed by atoms with Gasteiger partial charge in [0, 0.05) is 18.7 Å². The predicted octanol–water partition coefficient (Wildman–Crippen LogP) is -0.136. The predicted molar refractivity (Wildman–Crippen MR) is 54.4 cm³/mol. The summed E-state index contributed by atoms with van der Waals surface area (Å²) in [5.41, 5.74) is 0.582. The number of hydrogen-bond donors (Lipinski definition) is 2. The highest BCUT2D eigenvalue weighted by Gasteiger charge is 2.32. The molecule has 1 aromatic rings. The Morgan fingerprint density at radius 2 is 1.67 bits per heavy atom. The maximum absolute atomic E-state index is 11.8. The Hall–Kier alpha value is -1.39. The molecule has 4 heteroatoms. The molecule has 1 aromatic carbocycles. The van der Waals surface area contributed by atoms with Gasteiger partial charge < -0.3 is 15.1 Å². The van der Waals surface area contributed by atoms with Gasteiger partial charge in [-0.3, -0.25) is 4.79 Å². The number of likely N-dealkylation sites (tertiary alicyclic amines) is 1. The zero-order chi connectivity index (χ0) is 10.8. The summed E-state index contributed by atoms with van der Waals surface area (Å²) in [7, 11) is 0. The molecule has 0 saturated carbocycles. The third-order valence-electron chi connectivity index (χ3n) is 2.57. The molecule has 1 amide bonds. The van der Waals surface area contributed by atoms with Crippen LogP contribution in [0.4, 0.5) is 0 Å². The van der Waals surface area contributed by atoms with Crippen LogP contribution in [0.25, 0.3) is 0 Å². The maximum Gasteiger partial charge on any atom is 0.254 e. The number of carbonyl (C=O) groups is 1. The van der Waals surface area contributed by atoms with Crippen LogP contribution in [-0.4, -0.2) is 46.3 Å². The quantitative estimate of drug-likeness (QED) is 0.674. The second-order valence-corrected chi connectivity index (χ2v) is 3.71. The van der Waals surface area contributed by atoms with E-state index in [1.807, 2.05) is 6.07 Å². The summed E-state index contributed by atoms with van der Waals surface area (Å²) in [6.45, 7) is 0.407. The first kappa shape index (κ1) is 10.1. The summed E-state index contributed by atoms with van der Waals surface area (Å²) in [5.74, 6) is -0.147. The van der Waals surface area contributed by atoms with Crippen molar-refractivity contribution >= 4 is 5.91 Å². The summed E-state index contributed by atoms with van der Waals surface area (Å²) in [4.78, 5) is 13.3. The van der Waals surface area contributed by atoms with Gasteiger partial charge in [-0.25, -0.2) is 0 Å². The van der Waals surface area contributed by atoms with Crippen molar-refractivity contribution in [1.29, 1.82) is 0 Å². The summed E-state index contributed by atoms with van der Waals surface area (Å²) >= 11 is 0. The Kier molecular flexibility index (Phi) is 2.70. The van der Waals surface area contributed by atoms with Crippen LogP contribution in [0.1, 0.15) is 10.4 Å². The second-order valence-electron chi connectivity index (χ2n) is 3.71. The lowest BCUT2D eigenvalue weighted by atomic mass is 10.2. The van der Waals surface area contributed by atoms with Crippen molar-refractivity contribution in [3.63, 3.8) is 0 Å². The summed E-state index contributed by atoms with van der Waals surface area (Å²) in [5, 5.41) is 18.6. The van der Waals surface area contributed by atoms with Crippen LogP contribution in [0.15, 0.2) is 30.3 Å². The Bertz CT molecular complexity index is 342. The third kappa shape index (κ3) is 2.00. The Balaban J connectivity index is 2.10. The van der Waals surface area contributed by atoms with Gasteiger partial charge in [-0.15, -0.1) is 0 Å². The molecule has 0 aliphatic carbocycles. The molecule has 0 unspecified atom stereocenters. The van der Waals surface area contributed by atoms with Crippen LogP contribution in [0.5, 0.6) is 0 Å².